The molecular formula is C20H28N4O2. The minimum atomic E-state index is 0.0512. The van der Waals surface area contributed by atoms with E-state index < -0.39 is 0 Å². The lowest BCUT2D eigenvalue weighted by molar-refractivity contribution is 0.0249. The van der Waals surface area contributed by atoms with E-state index in [1.165, 1.54) is 11.8 Å². The zero-order chi connectivity index (χ0) is 17.8. The lowest BCUT2D eigenvalue weighted by Crippen LogP contribution is -2.48. The molecule has 0 saturated carbocycles. The highest BCUT2D eigenvalue weighted by Crippen LogP contribution is 2.19. The Morgan fingerprint density at radius 1 is 1.23 bits per heavy atom. The Morgan fingerprint density at radius 3 is 2.92 bits per heavy atom. The van der Waals surface area contributed by atoms with Crippen molar-refractivity contribution in [2.45, 2.75) is 19.4 Å². The maximum Gasteiger partial charge on any atom is 0.317 e. The SMILES string of the molecule is O=C(NCc1cc2ccccc2[nH]1)N1CCC[C@@H](CN2CCOCC2)C1. The summed E-state index contributed by atoms with van der Waals surface area (Å²) in [6.07, 6.45) is 2.30. The molecule has 4 rings (SSSR count). The fraction of sp³-hybridized carbons (Fsp3) is 0.550. The Morgan fingerprint density at radius 2 is 2.08 bits per heavy atom. The molecule has 2 fully saturated rings. The van der Waals surface area contributed by atoms with E-state index in [0.717, 1.165) is 63.6 Å². The first-order valence-electron chi connectivity index (χ1n) is 9.67. The maximum absolute atomic E-state index is 12.6. The number of aromatic amines is 1. The van der Waals surface area contributed by atoms with Gasteiger partial charge in [0, 0.05) is 43.9 Å². The largest absolute Gasteiger partial charge is 0.379 e. The standard InChI is InChI=1S/C20H28N4O2/c25-20(21-13-18-12-17-5-1-2-6-19(17)22-18)24-7-3-4-16(15-24)14-23-8-10-26-11-9-23/h1-2,5-6,12,16,22H,3-4,7-11,13-15H2,(H,21,25)/t16-/m0/s1. The van der Waals surface area contributed by atoms with Crippen molar-refractivity contribution >= 4 is 16.9 Å². The third-order valence-corrected chi connectivity index (χ3v) is 5.44. The highest BCUT2D eigenvalue weighted by Gasteiger charge is 2.25. The molecule has 3 heterocycles. The van der Waals surface area contributed by atoms with Gasteiger partial charge in [0.2, 0.25) is 0 Å². The van der Waals surface area contributed by atoms with Crippen molar-refractivity contribution in [1.82, 2.24) is 20.1 Å². The molecule has 1 atom stereocenters. The molecule has 6 heteroatoms. The normalized spacial score (nSPS) is 21.8. The van der Waals surface area contributed by atoms with Gasteiger partial charge in [-0.3, -0.25) is 4.90 Å². The molecule has 2 saturated heterocycles. The van der Waals surface area contributed by atoms with Gasteiger partial charge in [-0.15, -0.1) is 0 Å². The van der Waals surface area contributed by atoms with Crippen molar-refractivity contribution in [1.29, 1.82) is 0 Å². The number of H-pyrrole nitrogens is 1. The minimum absolute atomic E-state index is 0.0512. The van der Waals surface area contributed by atoms with E-state index in [1.54, 1.807) is 0 Å². The maximum atomic E-state index is 12.6. The second kappa shape index (κ2) is 8.10. The fourth-order valence-electron chi connectivity index (χ4n) is 4.06. The number of ether oxygens (including phenoxy) is 1. The summed E-state index contributed by atoms with van der Waals surface area (Å²) in [5, 5.41) is 4.26. The summed E-state index contributed by atoms with van der Waals surface area (Å²) in [6.45, 7) is 7.04. The smallest absolute Gasteiger partial charge is 0.317 e. The highest BCUT2D eigenvalue weighted by molar-refractivity contribution is 5.80. The van der Waals surface area contributed by atoms with E-state index in [1.807, 2.05) is 17.0 Å². The molecule has 0 bridgehead atoms. The number of carbonyl (C=O) groups is 1. The van der Waals surface area contributed by atoms with Gasteiger partial charge in [-0.2, -0.15) is 0 Å². The van der Waals surface area contributed by atoms with Crippen LogP contribution >= 0.6 is 0 Å². The van der Waals surface area contributed by atoms with Gasteiger partial charge < -0.3 is 19.9 Å². The van der Waals surface area contributed by atoms with Gasteiger partial charge in [0.15, 0.2) is 0 Å². The monoisotopic (exact) mass is 356 g/mol. The number of fused-ring (bicyclic) bond motifs is 1. The number of morpholine rings is 1. The molecule has 140 valence electrons. The van der Waals surface area contributed by atoms with Crippen molar-refractivity contribution in [2.24, 2.45) is 5.92 Å². The number of rotatable bonds is 4. The number of likely N-dealkylation sites (tertiary alicyclic amines) is 1. The van der Waals surface area contributed by atoms with Crippen molar-refractivity contribution in [3.05, 3.63) is 36.0 Å². The molecule has 0 aliphatic carbocycles. The summed E-state index contributed by atoms with van der Waals surface area (Å²) < 4.78 is 5.42. The molecule has 1 aromatic carbocycles. The molecule has 2 aliphatic rings. The fourth-order valence-corrected chi connectivity index (χ4v) is 4.06. The second-order valence-corrected chi connectivity index (χ2v) is 7.41. The van der Waals surface area contributed by atoms with Gasteiger partial charge in [-0.05, 0) is 36.3 Å². The Kier molecular flexibility index (Phi) is 5.41. The summed E-state index contributed by atoms with van der Waals surface area (Å²) in [5.41, 5.74) is 2.15. The van der Waals surface area contributed by atoms with Crippen molar-refractivity contribution in [3.8, 4) is 0 Å². The summed E-state index contributed by atoms with van der Waals surface area (Å²) in [6, 6.07) is 10.3. The van der Waals surface area contributed by atoms with Gasteiger partial charge in [0.1, 0.15) is 0 Å². The van der Waals surface area contributed by atoms with Crippen LogP contribution in [0.1, 0.15) is 18.5 Å². The van der Waals surface area contributed by atoms with Crippen LogP contribution in [0.15, 0.2) is 30.3 Å². The van der Waals surface area contributed by atoms with Crippen LogP contribution in [-0.2, 0) is 11.3 Å². The molecule has 0 unspecified atom stereocenters. The van der Waals surface area contributed by atoms with Crippen molar-refractivity contribution in [3.63, 3.8) is 0 Å². The molecule has 2 aromatic rings. The number of nitrogens with zero attached hydrogens (tertiary/aromatic N) is 2. The van der Waals surface area contributed by atoms with Crippen LogP contribution in [0.5, 0.6) is 0 Å². The first-order valence-corrected chi connectivity index (χ1v) is 9.67. The molecule has 0 radical (unpaired) electrons. The first kappa shape index (κ1) is 17.4. The van der Waals surface area contributed by atoms with Crippen LogP contribution in [0, 0.1) is 5.92 Å². The third-order valence-electron chi connectivity index (χ3n) is 5.44. The molecule has 2 amide bonds. The van der Waals surface area contributed by atoms with Gasteiger partial charge in [0.05, 0.1) is 19.8 Å². The lowest BCUT2D eigenvalue weighted by Gasteiger charge is -2.36. The van der Waals surface area contributed by atoms with E-state index >= 15 is 0 Å². The predicted octanol–water partition coefficient (Wildman–Crippen LogP) is 2.42. The molecule has 1 aromatic heterocycles. The molecule has 6 nitrogen and oxygen atoms in total. The average Bonchev–Trinajstić information content (AvgIpc) is 3.10. The molecular weight excluding hydrogens is 328 g/mol. The van der Waals surface area contributed by atoms with Crippen molar-refractivity contribution < 1.29 is 9.53 Å². The summed E-state index contributed by atoms with van der Waals surface area (Å²) >= 11 is 0. The summed E-state index contributed by atoms with van der Waals surface area (Å²) in [4.78, 5) is 20.4. The van der Waals surface area contributed by atoms with E-state index in [4.69, 9.17) is 4.74 Å². The van der Waals surface area contributed by atoms with Crippen molar-refractivity contribution in [2.75, 3.05) is 45.9 Å². The van der Waals surface area contributed by atoms with Crippen LogP contribution in [0.2, 0.25) is 0 Å². The van der Waals surface area contributed by atoms with Gasteiger partial charge in [0.25, 0.3) is 0 Å². The minimum Gasteiger partial charge on any atom is -0.379 e. The number of carbonyl (C=O) groups excluding carboxylic acids is 1. The molecule has 26 heavy (non-hydrogen) atoms. The Balaban J connectivity index is 1.28. The van der Waals surface area contributed by atoms with Crippen LogP contribution in [-0.4, -0.2) is 66.8 Å². The van der Waals surface area contributed by atoms with Gasteiger partial charge in [-0.25, -0.2) is 4.79 Å². The first-order chi connectivity index (χ1) is 12.8. The number of benzene rings is 1. The average molecular weight is 356 g/mol. The Hall–Kier alpha value is -2.05. The number of nitrogens with one attached hydrogen (secondary N) is 2. The van der Waals surface area contributed by atoms with Crippen LogP contribution in [0.25, 0.3) is 10.9 Å². The van der Waals surface area contributed by atoms with E-state index in [0.29, 0.717) is 12.5 Å². The number of piperidine rings is 1. The second-order valence-electron chi connectivity index (χ2n) is 7.41. The van der Waals surface area contributed by atoms with E-state index in [2.05, 4.69) is 33.4 Å². The number of para-hydroxylation sites is 1. The summed E-state index contributed by atoms with van der Waals surface area (Å²) in [5.74, 6) is 0.570. The van der Waals surface area contributed by atoms with Gasteiger partial charge in [-0.1, -0.05) is 18.2 Å². The summed E-state index contributed by atoms with van der Waals surface area (Å²) in [7, 11) is 0. The van der Waals surface area contributed by atoms with E-state index in [-0.39, 0.29) is 6.03 Å². The zero-order valence-electron chi connectivity index (χ0n) is 15.2. The molecule has 2 N–H and O–H groups in total. The predicted molar refractivity (Wildman–Crippen MR) is 102 cm³/mol. The number of hydrogen-bond donors (Lipinski definition) is 2. The molecule has 2 aliphatic heterocycles. The van der Waals surface area contributed by atoms with Crippen LogP contribution < -0.4 is 5.32 Å². The number of amides is 2. The number of aromatic nitrogens is 1. The van der Waals surface area contributed by atoms with E-state index in [9.17, 15) is 4.79 Å². The highest BCUT2D eigenvalue weighted by atomic mass is 16.5. The quantitative estimate of drug-likeness (QED) is 0.884. The van der Waals surface area contributed by atoms with Gasteiger partial charge >= 0.3 is 6.03 Å². The number of urea groups is 1. The van der Waals surface area contributed by atoms with Crippen LogP contribution in [0.3, 0.4) is 0 Å². The topological polar surface area (TPSA) is 60.6 Å². The lowest BCUT2D eigenvalue weighted by atomic mass is 9.97. The number of hydrogen-bond acceptors (Lipinski definition) is 3. The Bertz CT molecular complexity index is 705. The zero-order valence-corrected chi connectivity index (χ0v) is 15.2. The molecule has 0 spiro atoms. The van der Waals surface area contributed by atoms with Crippen LogP contribution in [0.4, 0.5) is 4.79 Å². The third kappa shape index (κ3) is 4.19. The Labute approximate surface area is 154 Å².